The molecule has 4 heteroatoms. The van der Waals surface area contributed by atoms with Crippen molar-refractivity contribution in [2.75, 3.05) is 26.4 Å². The second-order valence-corrected chi connectivity index (χ2v) is 4.58. The van der Waals surface area contributed by atoms with Crippen molar-refractivity contribution in [2.45, 2.75) is 6.54 Å². The van der Waals surface area contributed by atoms with Crippen molar-refractivity contribution in [1.82, 2.24) is 5.32 Å². The van der Waals surface area contributed by atoms with E-state index < -0.39 is 0 Å². The Morgan fingerprint density at radius 2 is 1.52 bits per heavy atom. The molecule has 0 unspecified atom stereocenters. The molecule has 0 heterocycles. The molecule has 0 amide bonds. The summed E-state index contributed by atoms with van der Waals surface area (Å²) in [5.41, 5.74) is 3.73. The topological polar surface area (TPSA) is 41.5 Å². The highest BCUT2D eigenvalue weighted by molar-refractivity contribution is 5.63. The number of nitrogens with one attached hydrogen (secondary N) is 1. The first kappa shape index (κ1) is 17.7. The minimum atomic E-state index is 0. The predicted octanol–water partition coefficient (Wildman–Crippen LogP) is -0.544. The number of hydrogen-bond acceptors (Lipinski definition) is 3. The number of aliphatic hydroxyl groups excluding tert-OH is 1. The van der Waals surface area contributed by atoms with Crippen LogP contribution in [0.15, 0.2) is 54.6 Å². The first-order valence-corrected chi connectivity index (χ1v) is 6.94. The van der Waals surface area contributed by atoms with Crippen molar-refractivity contribution in [2.24, 2.45) is 0 Å². The summed E-state index contributed by atoms with van der Waals surface area (Å²) in [5.74, 6) is 0. The van der Waals surface area contributed by atoms with Crippen LogP contribution in [0, 0.1) is 0 Å². The van der Waals surface area contributed by atoms with Crippen LogP contribution in [0.2, 0.25) is 0 Å². The highest BCUT2D eigenvalue weighted by Crippen LogP contribution is 2.18. The highest BCUT2D eigenvalue weighted by Gasteiger charge is 1.97. The Balaban J connectivity index is 0.00000220. The van der Waals surface area contributed by atoms with Crippen molar-refractivity contribution in [3.63, 3.8) is 0 Å². The van der Waals surface area contributed by atoms with E-state index >= 15 is 0 Å². The van der Waals surface area contributed by atoms with Gasteiger partial charge in [-0.05, 0) is 16.7 Å². The van der Waals surface area contributed by atoms with Crippen LogP contribution in [-0.2, 0) is 11.3 Å². The molecule has 0 atom stereocenters. The number of ether oxygens (including phenoxy) is 1. The second kappa shape index (κ2) is 10.4. The van der Waals surface area contributed by atoms with Gasteiger partial charge in [-0.3, -0.25) is 0 Å². The van der Waals surface area contributed by atoms with Crippen molar-refractivity contribution in [3.8, 4) is 11.1 Å². The van der Waals surface area contributed by atoms with Crippen LogP contribution in [0.4, 0.5) is 0 Å². The van der Waals surface area contributed by atoms with E-state index in [1.807, 2.05) is 6.07 Å². The third kappa shape index (κ3) is 6.27. The Kier molecular flexibility index (Phi) is 8.71. The van der Waals surface area contributed by atoms with E-state index in [4.69, 9.17) is 9.84 Å². The molecule has 0 spiro atoms. The first-order chi connectivity index (χ1) is 9.90. The smallest absolute Gasteiger partial charge is 0.0698 e. The Morgan fingerprint density at radius 3 is 2.19 bits per heavy atom. The molecule has 0 aliphatic rings. The summed E-state index contributed by atoms with van der Waals surface area (Å²) in [6.07, 6.45) is 0. The molecule has 2 rings (SSSR count). The van der Waals surface area contributed by atoms with Gasteiger partial charge in [0.05, 0.1) is 19.8 Å². The van der Waals surface area contributed by atoms with Gasteiger partial charge in [0.2, 0.25) is 0 Å². The maximum atomic E-state index is 8.58. The first-order valence-electron chi connectivity index (χ1n) is 6.94. The summed E-state index contributed by atoms with van der Waals surface area (Å²) in [6, 6.07) is 18.9. The minimum Gasteiger partial charge on any atom is -1.00 e. The summed E-state index contributed by atoms with van der Waals surface area (Å²) in [5, 5.41) is 11.9. The van der Waals surface area contributed by atoms with E-state index in [2.05, 4.69) is 53.8 Å². The average molecular weight is 307 g/mol. The molecular formula is C17H21ClNO2-. The van der Waals surface area contributed by atoms with Crippen LogP contribution < -0.4 is 17.7 Å². The molecule has 0 saturated heterocycles. The fourth-order valence-electron chi connectivity index (χ4n) is 1.99. The Hall–Kier alpha value is -1.39. The Bertz CT molecular complexity index is 488. The zero-order chi connectivity index (χ0) is 14.0. The SMILES string of the molecule is OCCOCCNCc1ccc(-c2ccccc2)cc1.[Cl-]. The van der Waals surface area contributed by atoms with E-state index in [9.17, 15) is 0 Å². The van der Waals surface area contributed by atoms with Gasteiger partial charge < -0.3 is 27.6 Å². The van der Waals surface area contributed by atoms with Gasteiger partial charge >= 0.3 is 0 Å². The lowest BCUT2D eigenvalue weighted by Crippen LogP contribution is -3.00. The van der Waals surface area contributed by atoms with Crippen LogP contribution in [0.3, 0.4) is 0 Å². The Morgan fingerprint density at radius 1 is 0.857 bits per heavy atom. The highest BCUT2D eigenvalue weighted by atomic mass is 35.5. The lowest BCUT2D eigenvalue weighted by atomic mass is 10.0. The maximum absolute atomic E-state index is 8.58. The monoisotopic (exact) mass is 306 g/mol. The molecular weight excluding hydrogens is 286 g/mol. The number of benzene rings is 2. The van der Waals surface area contributed by atoms with E-state index in [1.165, 1.54) is 16.7 Å². The molecule has 2 aromatic carbocycles. The van der Waals surface area contributed by atoms with Crippen LogP contribution in [0.5, 0.6) is 0 Å². The second-order valence-electron chi connectivity index (χ2n) is 4.58. The molecule has 0 aliphatic heterocycles. The van der Waals surface area contributed by atoms with Gasteiger partial charge in [0.15, 0.2) is 0 Å². The Labute approximate surface area is 132 Å². The molecule has 2 aromatic rings. The molecule has 0 aliphatic carbocycles. The number of halogens is 1. The molecule has 0 bridgehead atoms. The van der Waals surface area contributed by atoms with Gasteiger partial charge in [0, 0.05) is 13.1 Å². The fraction of sp³-hybridized carbons (Fsp3) is 0.294. The largest absolute Gasteiger partial charge is 1.00 e. The summed E-state index contributed by atoms with van der Waals surface area (Å²) >= 11 is 0. The van der Waals surface area contributed by atoms with Gasteiger partial charge in [-0.2, -0.15) is 0 Å². The molecule has 2 N–H and O–H groups in total. The lowest BCUT2D eigenvalue weighted by Gasteiger charge is -2.07. The van der Waals surface area contributed by atoms with Crippen molar-refractivity contribution >= 4 is 0 Å². The number of rotatable bonds is 8. The molecule has 21 heavy (non-hydrogen) atoms. The molecule has 0 radical (unpaired) electrons. The third-order valence-electron chi connectivity index (χ3n) is 3.05. The lowest BCUT2D eigenvalue weighted by molar-refractivity contribution is -0.00000522. The number of aliphatic hydroxyl groups is 1. The zero-order valence-electron chi connectivity index (χ0n) is 12.0. The standard InChI is InChI=1S/C17H21NO2.ClH/c19-11-13-20-12-10-18-14-15-6-8-17(9-7-15)16-4-2-1-3-5-16;/h1-9,18-19H,10-14H2;1H/p-1. The van der Waals surface area contributed by atoms with Crippen molar-refractivity contribution in [1.29, 1.82) is 0 Å². The van der Waals surface area contributed by atoms with Crippen LogP contribution in [0.25, 0.3) is 11.1 Å². The molecule has 0 saturated carbocycles. The fourth-order valence-corrected chi connectivity index (χ4v) is 1.99. The van der Waals surface area contributed by atoms with Gasteiger partial charge in [-0.25, -0.2) is 0 Å². The molecule has 3 nitrogen and oxygen atoms in total. The zero-order valence-corrected chi connectivity index (χ0v) is 12.7. The van der Waals surface area contributed by atoms with Gasteiger partial charge in [0.25, 0.3) is 0 Å². The van der Waals surface area contributed by atoms with E-state index in [-0.39, 0.29) is 19.0 Å². The molecule has 0 fully saturated rings. The van der Waals surface area contributed by atoms with Crippen molar-refractivity contribution < 1.29 is 22.3 Å². The van der Waals surface area contributed by atoms with Crippen LogP contribution in [0.1, 0.15) is 5.56 Å². The normalized spacial score (nSPS) is 10.1. The number of hydrogen-bond donors (Lipinski definition) is 2. The predicted molar refractivity (Wildman–Crippen MR) is 81.5 cm³/mol. The van der Waals surface area contributed by atoms with Gasteiger partial charge in [-0.15, -0.1) is 0 Å². The third-order valence-corrected chi connectivity index (χ3v) is 3.05. The van der Waals surface area contributed by atoms with E-state index in [0.29, 0.717) is 13.2 Å². The van der Waals surface area contributed by atoms with Gasteiger partial charge in [-0.1, -0.05) is 54.6 Å². The van der Waals surface area contributed by atoms with Crippen molar-refractivity contribution in [3.05, 3.63) is 60.2 Å². The van der Waals surface area contributed by atoms with E-state index in [1.54, 1.807) is 0 Å². The average Bonchev–Trinajstić information content (AvgIpc) is 2.52. The quantitative estimate of drug-likeness (QED) is 0.644. The summed E-state index contributed by atoms with van der Waals surface area (Å²) in [7, 11) is 0. The summed E-state index contributed by atoms with van der Waals surface area (Å²) < 4.78 is 5.19. The minimum absolute atomic E-state index is 0. The van der Waals surface area contributed by atoms with Crippen LogP contribution in [-0.4, -0.2) is 31.5 Å². The summed E-state index contributed by atoms with van der Waals surface area (Å²) in [4.78, 5) is 0. The molecule has 114 valence electrons. The molecule has 0 aromatic heterocycles. The van der Waals surface area contributed by atoms with Crippen LogP contribution >= 0.6 is 0 Å². The van der Waals surface area contributed by atoms with Gasteiger partial charge in [0.1, 0.15) is 0 Å². The maximum Gasteiger partial charge on any atom is 0.0698 e. The van der Waals surface area contributed by atoms with E-state index in [0.717, 1.165) is 13.1 Å². The summed E-state index contributed by atoms with van der Waals surface area (Å²) in [6.45, 7) is 2.75.